The van der Waals surface area contributed by atoms with Crippen molar-refractivity contribution in [2.24, 2.45) is 11.7 Å². The monoisotopic (exact) mass is 674 g/mol. The van der Waals surface area contributed by atoms with E-state index in [1.165, 1.54) is 13.2 Å². The average molecular weight is 675 g/mol. The van der Waals surface area contributed by atoms with Gasteiger partial charge in [0.05, 0.1) is 30.5 Å². The highest BCUT2D eigenvalue weighted by Crippen LogP contribution is 2.31. The topological polar surface area (TPSA) is 196 Å². The van der Waals surface area contributed by atoms with Gasteiger partial charge in [-0.05, 0) is 88.0 Å². The standard InChI is InChI=1S/C34H42N8O7/c1-4-42-27(16-21(2)39-42)31(44)38-33-37-26-17-25(30(35)43)18-28(48-3)29(26)41(33)13-5-12-36-34(47)49-20-23-10-14-40(15-11-23)19-22-6-8-24(9-7-22)32(45)46/h6-9,16-18,23H,4-5,10-15,19-20H2,1-3H3,(H2,35,43)(H,36,47)(H,45,46)(H,37,38,44). The first kappa shape index (κ1) is 34.9. The second kappa shape index (κ2) is 15.6. The molecule has 1 aliphatic rings. The Bertz CT molecular complexity index is 1820. The fourth-order valence-electron chi connectivity index (χ4n) is 5.97. The molecule has 1 aliphatic heterocycles. The number of carboxylic acid groups (broad SMARTS) is 1. The quantitative estimate of drug-likeness (QED) is 0.143. The number of hydrogen-bond donors (Lipinski definition) is 4. The molecular formula is C34H42N8O7. The van der Waals surface area contributed by atoms with Gasteiger partial charge in [0.15, 0.2) is 0 Å². The number of alkyl carbamates (subject to hydrolysis) is 1. The van der Waals surface area contributed by atoms with Crippen molar-refractivity contribution in [3.8, 4) is 5.75 Å². The van der Waals surface area contributed by atoms with Gasteiger partial charge in [-0.25, -0.2) is 14.6 Å². The Morgan fingerprint density at radius 1 is 1.06 bits per heavy atom. The number of methoxy groups -OCH3 is 1. The summed E-state index contributed by atoms with van der Waals surface area (Å²) in [5.74, 6) is -1.11. The summed E-state index contributed by atoms with van der Waals surface area (Å²) in [6, 6.07) is 11.7. The van der Waals surface area contributed by atoms with Gasteiger partial charge in [0, 0.05) is 31.7 Å². The van der Waals surface area contributed by atoms with Crippen LogP contribution in [0.1, 0.15) is 68.6 Å². The van der Waals surface area contributed by atoms with E-state index in [1.54, 1.807) is 33.5 Å². The van der Waals surface area contributed by atoms with Crippen LogP contribution in [-0.2, 0) is 24.4 Å². The van der Waals surface area contributed by atoms with Crippen LogP contribution in [-0.4, -0.2) is 86.6 Å². The molecule has 0 saturated carbocycles. The number of hydrogen-bond acceptors (Lipinski definition) is 9. The molecule has 15 heteroatoms. The van der Waals surface area contributed by atoms with E-state index in [0.29, 0.717) is 60.8 Å². The van der Waals surface area contributed by atoms with E-state index >= 15 is 0 Å². The van der Waals surface area contributed by atoms with Crippen LogP contribution in [0.25, 0.3) is 11.0 Å². The number of ether oxygens (including phenoxy) is 2. The number of primary amides is 1. The van der Waals surface area contributed by atoms with Crippen LogP contribution in [0, 0.1) is 12.8 Å². The van der Waals surface area contributed by atoms with E-state index in [2.05, 4.69) is 25.6 Å². The molecular weight excluding hydrogens is 632 g/mol. The fraction of sp³-hybridized carbons (Fsp3) is 0.412. The van der Waals surface area contributed by atoms with Crippen molar-refractivity contribution in [2.45, 2.75) is 52.7 Å². The molecule has 5 rings (SSSR count). The van der Waals surface area contributed by atoms with E-state index in [9.17, 15) is 19.2 Å². The summed E-state index contributed by atoms with van der Waals surface area (Å²) in [6.45, 7) is 7.65. The number of anilines is 1. The van der Waals surface area contributed by atoms with Crippen molar-refractivity contribution in [3.63, 3.8) is 0 Å². The maximum absolute atomic E-state index is 13.3. The first-order valence-electron chi connectivity index (χ1n) is 16.2. The molecule has 1 saturated heterocycles. The van der Waals surface area contributed by atoms with E-state index in [1.807, 2.05) is 26.0 Å². The normalized spacial score (nSPS) is 13.7. The van der Waals surface area contributed by atoms with Crippen molar-refractivity contribution in [3.05, 3.63) is 70.5 Å². The Morgan fingerprint density at radius 2 is 1.80 bits per heavy atom. The average Bonchev–Trinajstić information content (AvgIpc) is 3.65. The molecule has 0 atom stereocenters. The van der Waals surface area contributed by atoms with Crippen LogP contribution in [0.5, 0.6) is 5.75 Å². The van der Waals surface area contributed by atoms with Crippen molar-refractivity contribution in [1.82, 2.24) is 29.5 Å². The molecule has 3 heterocycles. The third-order valence-electron chi connectivity index (χ3n) is 8.56. The van der Waals surface area contributed by atoms with E-state index in [4.69, 9.17) is 20.3 Å². The minimum absolute atomic E-state index is 0.217. The highest BCUT2D eigenvalue weighted by Gasteiger charge is 2.23. The number of nitrogens with one attached hydrogen (secondary N) is 2. The molecule has 3 amide bonds. The third-order valence-corrected chi connectivity index (χ3v) is 8.56. The molecule has 0 unspecified atom stereocenters. The Hall–Kier alpha value is -5.44. The predicted octanol–water partition coefficient (Wildman–Crippen LogP) is 3.65. The Kier molecular flexibility index (Phi) is 11.1. The van der Waals surface area contributed by atoms with Crippen LogP contribution < -0.4 is 21.1 Å². The second-order valence-electron chi connectivity index (χ2n) is 12.0. The molecule has 15 nitrogen and oxygen atoms in total. The largest absolute Gasteiger partial charge is 0.494 e. The number of amides is 3. The number of carboxylic acids is 1. The maximum atomic E-state index is 13.3. The molecule has 260 valence electrons. The predicted molar refractivity (Wildman–Crippen MR) is 181 cm³/mol. The smallest absolute Gasteiger partial charge is 0.407 e. The van der Waals surface area contributed by atoms with Crippen LogP contribution in [0.15, 0.2) is 42.5 Å². The van der Waals surface area contributed by atoms with Crippen LogP contribution >= 0.6 is 0 Å². The van der Waals surface area contributed by atoms with Gasteiger partial charge >= 0.3 is 12.1 Å². The van der Waals surface area contributed by atoms with E-state index in [0.717, 1.165) is 38.0 Å². The molecule has 0 radical (unpaired) electrons. The van der Waals surface area contributed by atoms with Gasteiger partial charge in [0.25, 0.3) is 5.91 Å². The zero-order valence-corrected chi connectivity index (χ0v) is 27.9. The molecule has 0 spiro atoms. The number of aromatic nitrogens is 4. The summed E-state index contributed by atoms with van der Waals surface area (Å²) in [4.78, 5) is 55.8. The second-order valence-corrected chi connectivity index (χ2v) is 12.0. The number of nitrogens with two attached hydrogens (primary N) is 1. The molecule has 4 aromatic rings. The summed E-state index contributed by atoms with van der Waals surface area (Å²) < 4.78 is 14.5. The lowest BCUT2D eigenvalue weighted by molar-refractivity contribution is 0.0696. The summed E-state index contributed by atoms with van der Waals surface area (Å²) >= 11 is 0. The van der Waals surface area contributed by atoms with Gasteiger partial charge in [-0.2, -0.15) is 5.10 Å². The summed E-state index contributed by atoms with van der Waals surface area (Å²) in [6.07, 6.45) is 1.75. The lowest BCUT2D eigenvalue weighted by atomic mass is 9.97. The van der Waals surface area contributed by atoms with Crippen LogP contribution in [0.2, 0.25) is 0 Å². The number of aromatic carboxylic acids is 1. The fourth-order valence-corrected chi connectivity index (χ4v) is 5.97. The number of likely N-dealkylation sites (tertiary alicyclic amines) is 1. The zero-order valence-electron chi connectivity index (χ0n) is 27.9. The highest BCUT2D eigenvalue weighted by atomic mass is 16.5. The summed E-state index contributed by atoms with van der Waals surface area (Å²) in [7, 11) is 1.47. The highest BCUT2D eigenvalue weighted by molar-refractivity contribution is 6.04. The number of rotatable bonds is 14. The molecule has 5 N–H and O–H groups in total. The molecule has 0 bridgehead atoms. The number of aryl methyl sites for hydroxylation is 3. The molecule has 49 heavy (non-hydrogen) atoms. The maximum Gasteiger partial charge on any atom is 0.407 e. The van der Waals surface area contributed by atoms with Crippen molar-refractivity contribution in [2.75, 3.05) is 38.7 Å². The van der Waals surface area contributed by atoms with Crippen molar-refractivity contribution < 1.29 is 33.8 Å². The minimum atomic E-state index is -0.938. The van der Waals surface area contributed by atoms with Crippen molar-refractivity contribution in [1.29, 1.82) is 0 Å². The number of imidazole rings is 1. The van der Waals surface area contributed by atoms with Gasteiger partial charge in [0.2, 0.25) is 11.9 Å². The molecule has 2 aromatic heterocycles. The van der Waals surface area contributed by atoms with Crippen molar-refractivity contribution >= 4 is 40.9 Å². The lowest BCUT2D eigenvalue weighted by Gasteiger charge is -2.31. The third kappa shape index (κ3) is 8.54. The molecule has 0 aliphatic carbocycles. The minimum Gasteiger partial charge on any atom is -0.494 e. The number of fused-ring (bicyclic) bond motifs is 1. The summed E-state index contributed by atoms with van der Waals surface area (Å²) in [5, 5.41) is 19.1. The number of piperidine rings is 1. The van der Waals surface area contributed by atoms with E-state index in [-0.39, 0.29) is 23.0 Å². The van der Waals surface area contributed by atoms with Gasteiger partial charge in [0.1, 0.15) is 17.0 Å². The SMILES string of the molecule is CCn1nc(C)cc1C(=O)Nc1nc2cc(C(N)=O)cc(OC)c2n1CCCNC(=O)OCC1CCN(Cc2ccc(C(=O)O)cc2)CC1. The Labute approximate surface area is 283 Å². The zero-order chi connectivity index (χ0) is 35.1. The van der Waals surface area contributed by atoms with Gasteiger partial charge in [-0.3, -0.25) is 24.5 Å². The first-order valence-corrected chi connectivity index (χ1v) is 16.2. The number of benzene rings is 2. The van der Waals surface area contributed by atoms with Crippen LogP contribution in [0.4, 0.5) is 10.7 Å². The summed E-state index contributed by atoms with van der Waals surface area (Å²) in [5.41, 5.74) is 9.15. The number of carbonyl (C=O) groups is 4. The van der Waals surface area contributed by atoms with Gasteiger partial charge in [-0.15, -0.1) is 0 Å². The molecule has 2 aromatic carbocycles. The number of nitrogens with zero attached hydrogens (tertiary/aromatic N) is 5. The van der Waals surface area contributed by atoms with Gasteiger partial charge < -0.3 is 30.2 Å². The van der Waals surface area contributed by atoms with Gasteiger partial charge in [-0.1, -0.05) is 12.1 Å². The Balaban J connectivity index is 1.15. The van der Waals surface area contributed by atoms with Crippen LogP contribution in [0.3, 0.4) is 0 Å². The first-order chi connectivity index (χ1) is 23.6. The number of carbonyl (C=O) groups excluding carboxylic acids is 3. The van der Waals surface area contributed by atoms with E-state index < -0.39 is 23.9 Å². The Morgan fingerprint density at radius 3 is 2.45 bits per heavy atom. The lowest BCUT2D eigenvalue weighted by Crippen LogP contribution is -2.36. The molecule has 1 fully saturated rings.